The van der Waals surface area contributed by atoms with Crippen molar-refractivity contribution >= 4 is 29.3 Å². The first-order valence-electron chi connectivity index (χ1n) is 5.41. The molecule has 0 saturated heterocycles. The predicted octanol–water partition coefficient (Wildman–Crippen LogP) is 2.44. The Kier molecular flexibility index (Phi) is 3.22. The number of carbonyl (C=O) groups is 1. The Hall–Kier alpha value is -1.68. The number of allylic oxidation sites excluding steroid dienone is 1. The largest absolute Gasteiger partial charge is 0.369 e. The number of dihydropyridines is 1. The van der Waals surface area contributed by atoms with E-state index >= 15 is 0 Å². The highest BCUT2D eigenvalue weighted by atomic mass is 35.5. The first kappa shape index (κ1) is 12.8. The summed E-state index contributed by atoms with van der Waals surface area (Å²) < 4.78 is 13.9. The number of halogens is 2. The number of amides is 1. The average Bonchev–Trinajstić information content (AvgIpc) is 2.30. The topological polar surface area (TPSA) is 55.5 Å². The third-order valence-corrected chi connectivity index (χ3v) is 3.35. The van der Waals surface area contributed by atoms with Crippen molar-refractivity contribution in [3.8, 4) is 0 Å². The Bertz CT molecular complexity index is 568. The molecule has 0 bridgehead atoms. The van der Waals surface area contributed by atoms with Crippen molar-refractivity contribution in [1.82, 2.24) is 0 Å². The van der Waals surface area contributed by atoms with Gasteiger partial charge >= 0.3 is 0 Å². The van der Waals surface area contributed by atoms with Gasteiger partial charge in [-0.15, -0.1) is 0 Å². The van der Waals surface area contributed by atoms with Gasteiger partial charge in [-0.05, 0) is 30.7 Å². The molecule has 1 aromatic carbocycles. The van der Waals surface area contributed by atoms with Crippen LogP contribution >= 0.6 is 11.6 Å². The van der Waals surface area contributed by atoms with Crippen molar-refractivity contribution < 1.29 is 9.18 Å². The lowest BCUT2D eigenvalue weighted by Crippen LogP contribution is -2.39. The summed E-state index contributed by atoms with van der Waals surface area (Å²) in [6, 6.07) is 4.34. The van der Waals surface area contributed by atoms with Crippen molar-refractivity contribution in [2.45, 2.75) is 6.92 Å². The lowest BCUT2D eigenvalue weighted by atomic mass is 9.76. The molecule has 0 aliphatic carbocycles. The van der Waals surface area contributed by atoms with E-state index in [4.69, 9.17) is 17.3 Å². The van der Waals surface area contributed by atoms with Gasteiger partial charge in [0.15, 0.2) is 0 Å². The molecule has 1 amide bonds. The summed E-state index contributed by atoms with van der Waals surface area (Å²) in [6.07, 6.45) is 3.16. The lowest BCUT2D eigenvalue weighted by molar-refractivity contribution is -0.123. The number of carbonyl (C=O) groups excluding carboxylic acids is 1. The number of benzene rings is 1. The second-order valence-corrected chi connectivity index (χ2v) is 4.83. The standard InChI is InChI=1S/C13H12ClFN2O/c1-13(12(16)18)7-17-5-4-10(13)9-3-2-8(14)6-11(9)15/h2-6H,7H2,1H3,(H2,16,18). The minimum Gasteiger partial charge on any atom is -0.369 e. The highest BCUT2D eigenvalue weighted by molar-refractivity contribution is 6.30. The van der Waals surface area contributed by atoms with Crippen LogP contribution in [-0.2, 0) is 4.79 Å². The number of rotatable bonds is 2. The van der Waals surface area contributed by atoms with E-state index in [1.54, 1.807) is 31.3 Å². The van der Waals surface area contributed by atoms with Crippen LogP contribution in [0.15, 0.2) is 29.3 Å². The van der Waals surface area contributed by atoms with Crippen LogP contribution in [0.25, 0.3) is 5.57 Å². The molecule has 1 aromatic rings. The van der Waals surface area contributed by atoms with Gasteiger partial charge in [-0.3, -0.25) is 9.79 Å². The molecular formula is C13H12ClFN2O. The average molecular weight is 267 g/mol. The Labute approximate surface area is 109 Å². The Morgan fingerprint density at radius 1 is 1.56 bits per heavy atom. The summed E-state index contributed by atoms with van der Waals surface area (Å²) in [5.41, 5.74) is 5.26. The molecule has 0 saturated carbocycles. The minimum absolute atomic E-state index is 0.218. The first-order valence-corrected chi connectivity index (χ1v) is 5.79. The van der Waals surface area contributed by atoms with Gasteiger partial charge in [-0.2, -0.15) is 0 Å². The Morgan fingerprint density at radius 3 is 2.89 bits per heavy atom. The quantitative estimate of drug-likeness (QED) is 0.878. The monoisotopic (exact) mass is 266 g/mol. The summed E-state index contributed by atoms with van der Waals surface area (Å²) in [5.74, 6) is -1.00. The number of nitrogens with two attached hydrogens (primary N) is 1. The molecular weight excluding hydrogens is 255 g/mol. The molecule has 0 aromatic heterocycles. The van der Waals surface area contributed by atoms with Crippen molar-refractivity contribution in [2.24, 2.45) is 16.1 Å². The fourth-order valence-corrected chi connectivity index (χ4v) is 2.10. The van der Waals surface area contributed by atoms with E-state index in [2.05, 4.69) is 4.99 Å². The van der Waals surface area contributed by atoms with E-state index in [1.165, 1.54) is 6.07 Å². The molecule has 94 valence electrons. The summed E-state index contributed by atoms with van der Waals surface area (Å²) >= 11 is 5.71. The number of nitrogens with zero attached hydrogens (tertiary/aromatic N) is 1. The minimum atomic E-state index is -0.997. The van der Waals surface area contributed by atoms with Crippen molar-refractivity contribution in [1.29, 1.82) is 0 Å². The van der Waals surface area contributed by atoms with Gasteiger partial charge in [-0.1, -0.05) is 17.7 Å². The van der Waals surface area contributed by atoms with Crippen LogP contribution in [0.3, 0.4) is 0 Å². The van der Waals surface area contributed by atoms with Crippen LogP contribution in [0.5, 0.6) is 0 Å². The molecule has 2 N–H and O–H groups in total. The molecule has 1 heterocycles. The fourth-order valence-electron chi connectivity index (χ4n) is 1.94. The molecule has 5 heteroatoms. The zero-order valence-corrected chi connectivity index (χ0v) is 10.5. The van der Waals surface area contributed by atoms with Crippen LogP contribution in [-0.4, -0.2) is 18.7 Å². The van der Waals surface area contributed by atoms with Crippen LogP contribution < -0.4 is 5.73 Å². The maximum absolute atomic E-state index is 13.9. The highest BCUT2D eigenvalue weighted by Gasteiger charge is 2.38. The molecule has 1 aliphatic heterocycles. The number of hydrogen-bond donors (Lipinski definition) is 1. The van der Waals surface area contributed by atoms with Crippen LogP contribution in [0.1, 0.15) is 12.5 Å². The molecule has 0 radical (unpaired) electrons. The van der Waals surface area contributed by atoms with Crippen molar-refractivity contribution in [3.05, 3.63) is 40.7 Å². The van der Waals surface area contributed by atoms with E-state index in [0.717, 1.165) is 0 Å². The van der Waals surface area contributed by atoms with Crippen molar-refractivity contribution in [3.63, 3.8) is 0 Å². The molecule has 18 heavy (non-hydrogen) atoms. The zero-order valence-electron chi connectivity index (χ0n) is 9.78. The van der Waals surface area contributed by atoms with Gasteiger partial charge in [-0.25, -0.2) is 4.39 Å². The number of aliphatic imine (C=N–C) groups is 1. The maximum Gasteiger partial charge on any atom is 0.229 e. The SMILES string of the molecule is CC1(C(N)=O)CN=CC=C1c1ccc(Cl)cc1F. The van der Waals surface area contributed by atoms with Gasteiger partial charge in [0.2, 0.25) is 5.91 Å². The third kappa shape index (κ3) is 2.04. The van der Waals surface area contributed by atoms with Gasteiger partial charge in [0.1, 0.15) is 5.82 Å². The van der Waals surface area contributed by atoms with Crippen molar-refractivity contribution in [2.75, 3.05) is 6.54 Å². The Morgan fingerprint density at radius 2 is 2.28 bits per heavy atom. The van der Waals surface area contributed by atoms with Gasteiger partial charge < -0.3 is 5.73 Å². The van der Waals surface area contributed by atoms with Crippen LogP contribution in [0.4, 0.5) is 4.39 Å². The van der Waals surface area contributed by atoms with E-state index in [0.29, 0.717) is 16.2 Å². The molecule has 1 aliphatic rings. The summed E-state index contributed by atoms with van der Waals surface area (Å²) in [7, 11) is 0. The smallest absolute Gasteiger partial charge is 0.229 e. The summed E-state index contributed by atoms with van der Waals surface area (Å²) in [5, 5.41) is 0.308. The van der Waals surface area contributed by atoms with Crippen LogP contribution in [0, 0.1) is 11.2 Å². The summed E-state index contributed by atoms with van der Waals surface area (Å²) in [4.78, 5) is 15.6. The number of primary amides is 1. The molecule has 2 rings (SSSR count). The van der Waals surface area contributed by atoms with Gasteiger partial charge in [0.05, 0.1) is 12.0 Å². The molecule has 1 atom stereocenters. The van der Waals surface area contributed by atoms with Gasteiger partial charge in [0.25, 0.3) is 0 Å². The predicted molar refractivity (Wildman–Crippen MR) is 70.0 cm³/mol. The normalized spacial score (nSPS) is 22.7. The first-order chi connectivity index (χ1) is 8.45. The van der Waals surface area contributed by atoms with E-state index in [9.17, 15) is 9.18 Å². The van der Waals surface area contributed by atoms with E-state index in [-0.39, 0.29) is 6.54 Å². The third-order valence-electron chi connectivity index (χ3n) is 3.11. The fraction of sp³-hybridized carbons (Fsp3) is 0.231. The summed E-state index contributed by atoms with van der Waals surface area (Å²) in [6.45, 7) is 1.88. The lowest BCUT2D eigenvalue weighted by Gasteiger charge is -2.29. The molecule has 0 fully saturated rings. The second-order valence-electron chi connectivity index (χ2n) is 4.39. The van der Waals surface area contributed by atoms with E-state index < -0.39 is 17.1 Å². The zero-order chi connectivity index (χ0) is 13.3. The molecule has 0 spiro atoms. The highest BCUT2D eigenvalue weighted by Crippen LogP contribution is 2.38. The number of hydrogen-bond acceptors (Lipinski definition) is 2. The molecule has 3 nitrogen and oxygen atoms in total. The second kappa shape index (κ2) is 4.53. The van der Waals surface area contributed by atoms with Gasteiger partial charge in [0, 0.05) is 16.8 Å². The molecule has 1 unspecified atom stereocenters. The Balaban J connectivity index is 2.57. The van der Waals surface area contributed by atoms with E-state index in [1.807, 2.05) is 0 Å². The van der Waals surface area contributed by atoms with Crippen LogP contribution in [0.2, 0.25) is 5.02 Å². The maximum atomic E-state index is 13.9.